The molecule has 0 spiro atoms. The van der Waals surface area contributed by atoms with Crippen LogP contribution < -0.4 is 14.8 Å². The standard InChI is InChI=1S/C26H20BrClN2O5/c1-2-34-23-12-16(11-21(27)24(23)35-15-18-6-3-4-9-22(18)28)10-19(14-29)25(31)30-20-8-5-7-17(13-20)26(32)33/h3-13H,2,15H2,1H3,(H,30,31)(H,32,33)/b19-10-. The van der Waals surface area contributed by atoms with Gasteiger partial charge in [0, 0.05) is 16.3 Å². The summed E-state index contributed by atoms with van der Waals surface area (Å²) in [6, 6.07) is 18.3. The SMILES string of the molecule is CCOc1cc(/C=C(/C#N)C(=O)Nc2cccc(C(=O)O)c2)cc(Br)c1OCc1ccccc1Cl. The molecule has 0 saturated heterocycles. The van der Waals surface area contributed by atoms with Crippen molar-refractivity contribution in [1.29, 1.82) is 5.26 Å². The maximum absolute atomic E-state index is 12.7. The number of carbonyl (C=O) groups excluding carboxylic acids is 1. The summed E-state index contributed by atoms with van der Waals surface area (Å²) >= 11 is 9.69. The lowest BCUT2D eigenvalue weighted by Gasteiger charge is -2.15. The van der Waals surface area contributed by atoms with Crippen LogP contribution in [-0.2, 0) is 11.4 Å². The zero-order valence-corrected chi connectivity index (χ0v) is 20.9. The molecule has 0 unspecified atom stereocenters. The van der Waals surface area contributed by atoms with E-state index in [0.29, 0.717) is 33.2 Å². The molecule has 0 aromatic heterocycles. The molecule has 0 radical (unpaired) electrons. The van der Waals surface area contributed by atoms with Crippen LogP contribution in [0, 0.1) is 11.3 Å². The van der Waals surface area contributed by atoms with Gasteiger partial charge in [-0.1, -0.05) is 35.9 Å². The summed E-state index contributed by atoms with van der Waals surface area (Å²) in [5.74, 6) is -0.921. The second kappa shape index (κ2) is 12.1. The van der Waals surface area contributed by atoms with Gasteiger partial charge in [0.2, 0.25) is 0 Å². The van der Waals surface area contributed by atoms with Crippen LogP contribution in [-0.4, -0.2) is 23.6 Å². The molecule has 0 aliphatic heterocycles. The van der Waals surface area contributed by atoms with Crippen LogP contribution >= 0.6 is 27.5 Å². The highest BCUT2D eigenvalue weighted by Crippen LogP contribution is 2.38. The van der Waals surface area contributed by atoms with Crippen LogP contribution in [0.2, 0.25) is 5.02 Å². The number of nitrogens with zero attached hydrogens (tertiary/aromatic N) is 1. The fourth-order valence-corrected chi connectivity index (χ4v) is 3.85. The van der Waals surface area contributed by atoms with E-state index in [0.717, 1.165) is 5.56 Å². The Kier molecular flexibility index (Phi) is 8.90. The Hall–Kier alpha value is -3.80. The Morgan fingerprint density at radius 3 is 2.60 bits per heavy atom. The van der Waals surface area contributed by atoms with Crippen molar-refractivity contribution in [2.75, 3.05) is 11.9 Å². The van der Waals surface area contributed by atoms with E-state index in [2.05, 4.69) is 21.2 Å². The van der Waals surface area contributed by atoms with Crippen LogP contribution in [0.5, 0.6) is 11.5 Å². The molecule has 2 N–H and O–H groups in total. The summed E-state index contributed by atoms with van der Waals surface area (Å²) < 4.78 is 12.3. The van der Waals surface area contributed by atoms with E-state index in [4.69, 9.17) is 26.2 Å². The van der Waals surface area contributed by atoms with Crippen molar-refractivity contribution in [3.8, 4) is 17.6 Å². The maximum Gasteiger partial charge on any atom is 0.335 e. The molecule has 178 valence electrons. The fraction of sp³-hybridized carbons (Fsp3) is 0.115. The van der Waals surface area contributed by atoms with Crippen LogP contribution in [0.4, 0.5) is 5.69 Å². The van der Waals surface area contributed by atoms with Gasteiger partial charge in [-0.05, 0) is 70.9 Å². The van der Waals surface area contributed by atoms with Gasteiger partial charge in [-0.3, -0.25) is 4.79 Å². The van der Waals surface area contributed by atoms with E-state index in [-0.39, 0.29) is 23.4 Å². The number of nitrogens with one attached hydrogen (secondary N) is 1. The second-order valence-electron chi connectivity index (χ2n) is 7.15. The van der Waals surface area contributed by atoms with Crippen molar-refractivity contribution in [2.24, 2.45) is 0 Å². The predicted molar refractivity (Wildman–Crippen MR) is 137 cm³/mol. The van der Waals surface area contributed by atoms with Gasteiger partial charge in [-0.15, -0.1) is 0 Å². The highest BCUT2D eigenvalue weighted by molar-refractivity contribution is 9.10. The van der Waals surface area contributed by atoms with Crippen molar-refractivity contribution in [3.63, 3.8) is 0 Å². The number of ether oxygens (including phenoxy) is 2. The molecule has 0 aliphatic carbocycles. The minimum Gasteiger partial charge on any atom is -0.490 e. The van der Waals surface area contributed by atoms with E-state index in [1.807, 2.05) is 31.2 Å². The largest absolute Gasteiger partial charge is 0.490 e. The Labute approximate surface area is 215 Å². The first-order valence-electron chi connectivity index (χ1n) is 10.4. The minimum absolute atomic E-state index is 0.0166. The van der Waals surface area contributed by atoms with Gasteiger partial charge in [0.05, 0.1) is 16.6 Å². The number of hydrogen-bond acceptors (Lipinski definition) is 5. The lowest BCUT2D eigenvalue weighted by Crippen LogP contribution is -2.14. The molecule has 0 atom stereocenters. The van der Waals surface area contributed by atoms with Crippen molar-refractivity contribution < 1.29 is 24.2 Å². The van der Waals surface area contributed by atoms with Crippen molar-refractivity contribution >= 4 is 51.2 Å². The quantitative estimate of drug-likeness (QED) is 0.236. The Morgan fingerprint density at radius 1 is 1.14 bits per heavy atom. The number of aromatic carboxylic acids is 1. The zero-order chi connectivity index (χ0) is 25.4. The summed E-state index contributed by atoms with van der Waals surface area (Å²) in [5, 5.41) is 21.8. The molecular weight excluding hydrogens is 536 g/mol. The average molecular weight is 556 g/mol. The minimum atomic E-state index is -1.12. The molecule has 7 nitrogen and oxygen atoms in total. The summed E-state index contributed by atoms with van der Waals surface area (Å²) in [6.45, 7) is 2.41. The summed E-state index contributed by atoms with van der Waals surface area (Å²) in [5.41, 5.74) is 1.43. The molecule has 35 heavy (non-hydrogen) atoms. The number of hydrogen-bond donors (Lipinski definition) is 2. The fourth-order valence-electron chi connectivity index (χ4n) is 3.08. The molecule has 3 rings (SSSR count). The van der Waals surface area contributed by atoms with Crippen molar-refractivity contribution in [3.05, 3.63) is 92.4 Å². The first kappa shape index (κ1) is 25.8. The predicted octanol–water partition coefficient (Wildman–Crippen LogP) is 6.32. The van der Waals surface area contributed by atoms with Crippen LogP contribution in [0.25, 0.3) is 6.08 Å². The molecule has 0 heterocycles. The van der Waals surface area contributed by atoms with E-state index < -0.39 is 11.9 Å². The first-order chi connectivity index (χ1) is 16.8. The molecule has 0 fully saturated rings. The molecule has 0 saturated carbocycles. The lowest BCUT2D eigenvalue weighted by molar-refractivity contribution is -0.112. The molecule has 3 aromatic rings. The van der Waals surface area contributed by atoms with E-state index in [1.54, 1.807) is 18.2 Å². The maximum atomic E-state index is 12.7. The monoisotopic (exact) mass is 554 g/mol. The van der Waals surface area contributed by atoms with Crippen LogP contribution in [0.15, 0.2) is 70.7 Å². The number of rotatable bonds is 9. The summed E-state index contributed by atoms with van der Waals surface area (Å²) in [4.78, 5) is 23.8. The van der Waals surface area contributed by atoms with Gasteiger partial charge < -0.3 is 19.9 Å². The van der Waals surface area contributed by atoms with E-state index >= 15 is 0 Å². The van der Waals surface area contributed by atoms with Gasteiger partial charge in [0.15, 0.2) is 11.5 Å². The number of halogens is 2. The number of carboxylic acids is 1. The van der Waals surface area contributed by atoms with Crippen molar-refractivity contribution in [2.45, 2.75) is 13.5 Å². The van der Waals surface area contributed by atoms with Gasteiger partial charge >= 0.3 is 5.97 Å². The Morgan fingerprint density at radius 2 is 1.91 bits per heavy atom. The van der Waals surface area contributed by atoms with Crippen LogP contribution in [0.3, 0.4) is 0 Å². The normalized spacial score (nSPS) is 10.9. The molecule has 1 amide bonds. The molecule has 3 aromatic carbocycles. The van der Waals surface area contributed by atoms with E-state index in [9.17, 15) is 14.9 Å². The summed E-state index contributed by atoms with van der Waals surface area (Å²) in [6.07, 6.45) is 1.40. The molecule has 0 bridgehead atoms. The number of nitriles is 1. The van der Waals surface area contributed by atoms with Gasteiger partial charge in [-0.25, -0.2) is 4.79 Å². The summed E-state index contributed by atoms with van der Waals surface area (Å²) in [7, 11) is 0. The third-order valence-corrected chi connectivity index (χ3v) is 5.66. The van der Waals surface area contributed by atoms with Crippen LogP contribution in [0.1, 0.15) is 28.4 Å². The van der Waals surface area contributed by atoms with Crippen molar-refractivity contribution in [1.82, 2.24) is 0 Å². The zero-order valence-electron chi connectivity index (χ0n) is 18.5. The van der Waals surface area contributed by atoms with Gasteiger partial charge in [-0.2, -0.15) is 5.26 Å². The average Bonchev–Trinajstić information content (AvgIpc) is 2.83. The Balaban J connectivity index is 1.85. The lowest BCUT2D eigenvalue weighted by atomic mass is 10.1. The smallest absolute Gasteiger partial charge is 0.335 e. The molecule has 9 heteroatoms. The molecular formula is C26H20BrClN2O5. The molecule has 0 aliphatic rings. The highest BCUT2D eigenvalue weighted by Gasteiger charge is 2.16. The first-order valence-corrected chi connectivity index (χ1v) is 11.6. The Bertz CT molecular complexity index is 1330. The third kappa shape index (κ3) is 6.85. The number of amides is 1. The van der Waals surface area contributed by atoms with Gasteiger partial charge in [0.1, 0.15) is 18.2 Å². The van der Waals surface area contributed by atoms with Gasteiger partial charge in [0.25, 0.3) is 5.91 Å². The topological polar surface area (TPSA) is 109 Å². The number of anilines is 1. The highest BCUT2D eigenvalue weighted by atomic mass is 79.9. The number of carbonyl (C=O) groups is 2. The second-order valence-corrected chi connectivity index (χ2v) is 8.41. The third-order valence-electron chi connectivity index (χ3n) is 4.71. The number of benzene rings is 3. The van der Waals surface area contributed by atoms with E-state index in [1.165, 1.54) is 30.3 Å². The number of carboxylic acid groups (broad SMARTS) is 1.